The lowest BCUT2D eigenvalue weighted by Crippen LogP contribution is -2.30. The van der Waals surface area contributed by atoms with Crippen molar-refractivity contribution in [3.63, 3.8) is 0 Å². The molecule has 2 heterocycles. The van der Waals surface area contributed by atoms with E-state index in [-0.39, 0.29) is 6.04 Å². The highest BCUT2D eigenvalue weighted by atomic mass is 32.1. The number of aromatic nitrogens is 4. The van der Waals surface area contributed by atoms with Crippen molar-refractivity contribution in [1.82, 2.24) is 24.1 Å². The molecule has 4 rings (SSSR count). The molecule has 0 saturated heterocycles. The number of rotatable bonds is 5. The van der Waals surface area contributed by atoms with Crippen molar-refractivity contribution >= 4 is 18.0 Å². The Hall–Kier alpha value is -2.83. The van der Waals surface area contributed by atoms with Gasteiger partial charge in [0.05, 0.1) is 12.7 Å². The van der Waals surface area contributed by atoms with E-state index in [0.717, 1.165) is 11.4 Å². The topological polar surface area (TPSA) is 38.4 Å². The van der Waals surface area contributed by atoms with Crippen LogP contribution in [0.4, 0.5) is 0 Å². The third kappa shape index (κ3) is 3.48. The van der Waals surface area contributed by atoms with Gasteiger partial charge in [0.25, 0.3) is 5.78 Å². The molecule has 2 aromatic heterocycles. The second-order valence-electron chi connectivity index (χ2n) is 7.07. The van der Waals surface area contributed by atoms with Crippen LogP contribution >= 0.6 is 12.2 Å². The fourth-order valence-corrected chi connectivity index (χ4v) is 3.97. The van der Waals surface area contributed by atoms with Crippen molar-refractivity contribution in [2.75, 3.05) is 7.05 Å². The van der Waals surface area contributed by atoms with E-state index in [2.05, 4.69) is 77.4 Å². The molecule has 0 bridgehead atoms. The Morgan fingerprint density at radius 3 is 2.07 bits per heavy atom. The summed E-state index contributed by atoms with van der Waals surface area (Å²) < 4.78 is 4.54. The van der Waals surface area contributed by atoms with Gasteiger partial charge in [-0.3, -0.25) is 4.90 Å². The number of nitrogens with zero attached hydrogens (tertiary/aromatic N) is 5. The van der Waals surface area contributed by atoms with Crippen LogP contribution in [0, 0.1) is 18.6 Å². The van der Waals surface area contributed by atoms with Crippen molar-refractivity contribution in [3.8, 4) is 0 Å². The SMILES string of the molecule is Cc1cc(C)n2c(n1)nc(=S)n2CN(C)C(c1ccccc1)c1ccccc1. The van der Waals surface area contributed by atoms with Gasteiger partial charge in [-0.05, 0) is 50.3 Å². The van der Waals surface area contributed by atoms with Gasteiger partial charge in [0, 0.05) is 11.4 Å². The van der Waals surface area contributed by atoms with Crippen LogP contribution in [0.25, 0.3) is 5.78 Å². The molecule has 28 heavy (non-hydrogen) atoms. The smallest absolute Gasteiger partial charge is 0.252 e. The van der Waals surface area contributed by atoms with Gasteiger partial charge < -0.3 is 0 Å². The highest BCUT2D eigenvalue weighted by Crippen LogP contribution is 2.28. The van der Waals surface area contributed by atoms with Crippen LogP contribution in [-0.4, -0.2) is 31.1 Å². The predicted molar refractivity (Wildman–Crippen MR) is 114 cm³/mol. The first-order valence-electron chi connectivity index (χ1n) is 9.28. The van der Waals surface area contributed by atoms with E-state index in [4.69, 9.17) is 12.2 Å². The average Bonchev–Trinajstić information content (AvgIpc) is 2.99. The molecular weight excluding hydrogens is 366 g/mol. The molecule has 4 aromatic rings. The van der Waals surface area contributed by atoms with E-state index in [9.17, 15) is 0 Å². The Balaban J connectivity index is 1.77. The average molecular weight is 390 g/mol. The monoisotopic (exact) mass is 389 g/mol. The number of aryl methyl sites for hydroxylation is 2. The number of fused-ring (bicyclic) bond motifs is 1. The Kier molecular flexibility index (Phi) is 5.07. The molecule has 2 aromatic carbocycles. The summed E-state index contributed by atoms with van der Waals surface area (Å²) in [5, 5.41) is 0. The normalized spacial score (nSPS) is 11.6. The van der Waals surface area contributed by atoms with Crippen molar-refractivity contribution < 1.29 is 0 Å². The summed E-state index contributed by atoms with van der Waals surface area (Å²) in [6, 6.07) is 23.2. The third-order valence-corrected chi connectivity index (χ3v) is 5.21. The molecule has 0 N–H and O–H groups in total. The summed E-state index contributed by atoms with van der Waals surface area (Å²) in [4.78, 5) is 11.3. The zero-order valence-electron chi connectivity index (χ0n) is 16.3. The minimum absolute atomic E-state index is 0.105. The molecule has 0 aliphatic carbocycles. The summed E-state index contributed by atoms with van der Waals surface area (Å²) in [5.41, 5.74) is 4.48. The van der Waals surface area contributed by atoms with Gasteiger partial charge in [0.2, 0.25) is 4.77 Å². The predicted octanol–water partition coefficient (Wildman–Crippen LogP) is 4.56. The van der Waals surface area contributed by atoms with Crippen molar-refractivity contribution in [1.29, 1.82) is 0 Å². The molecule has 0 atom stereocenters. The van der Waals surface area contributed by atoms with E-state index in [1.165, 1.54) is 11.1 Å². The van der Waals surface area contributed by atoms with E-state index in [1.807, 2.05) is 34.3 Å². The highest BCUT2D eigenvalue weighted by molar-refractivity contribution is 7.71. The van der Waals surface area contributed by atoms with E-state index < -0.39 is 0 Å². The van der Waals surface area contributed by atoms with Crippen LogP contribution in [0.2, 0.25) is 0 Å². The molecule has 0 radical (unpaired) electrons. The van der Waals surface area contributed by atoms with Crippen molar-refractivity contribution in [2.24, 2.45) is 0 Å². The minimum Gasteiger partial charge on any atom is -0.276 e. The Bertz CT molecular complexity index is 1110. The molecule has 0 unspecified atom stereocenters. The van der Waals surface area contributed by atoms with Gasteiger partial charge in [-0.25, -0.2) is 14.2 Å². The molecule has 5 nitrogen and oxygen atoms in total. The first-order valence-corrected chi connectivity index (χ1v) is 9.69. The maximum Gasteiger partial charge on any atom is 0.252 e. The van der Waals surface area contributed by atoms with Crippen LogP contribution < -0.4 is 0 Å². The van der Waals surface area contributed by atoms with Crippen molar-refractivity contribution in [3.05, 3.63) is 94.0 Å². The van der Waals surface area contributed by atoms with Gasteiger partial charge in [0.15, 0.2) is 0 Å². The summed E-state index contributed by atoms with van der Waals surface area (Å²) in [5.74, 6) is 0.645. The molecule has 0 aliphatic rings. The van der Waals surface area contributed by atoms with Crippen molar-refractivity contribution in [2.45, 2.75) is 26.6 Å². The lowest BCUT2D eigenvalue weighted by molar-refractivity contribution is 0.203. The van der Waals surface area contributed by atoms with Crippen LogP contribution in [0.3, 0.4) is 0 Å². The summed E-state index contributed by atoms with van der Waals surface area (Å²) in [7, 11) is 2.11. The third-order valence-electron chi connectivity index (χ3n) is 4.90. The lowest BCUT2D eigenvalue weighted by atomic mass is 9.98. The summed E-state index contributed by atoms with van der Waals surface area (Å²) in [6.07, 6.45) is 0. The maximum absolute atomic E-state index is 5.56. The summed E-state index contributed by atoms with van der Waals surface area (Å²) >= 11 is 5.56. The zero-order valence-corrected chi connectivity index (χ0v) is 17.1. The second-order valence-corrected chi connectivity index (χ2v) is 7.43. The first-order chi connectivity index (χ1) is 13.5. The fourth-order valence-electron chi connectivity index (χ4n) is 3.75. The van der Waals surface area contributed by atoms with Crippen LogP contribution in [-0.2, 0) is 6.67 Å². The Morgan fingerprint density at radius 1 is 0.929 bits per heavy atom. The largest absolute Gasteiger partial charge is 0.276 e. The van der Waals surface area contributed by atoms with E-state index >= 15 is 0 Å². The molecule has 142 valence electrons. The Morgan fingerprint density at radius 2 is 1.50 bits per heavy atom. The minimum atomic E-state index is 0.105. The molecule has 0 amide bonds. The van der Waals surface area contributed by atoms with Gasteiger partial charge in [-0.1, -0.05) is 60.7 Å². The quantitative estimate of drug-likeness (QED) is 0.469. The van der Waals surface area contributed by atoms with Crippen LogP contribution in [0.15, 0.2) is 66.7 Å². The molecular formula is C22H23N5S. The molecule has 6 heteroatoms. The fraction of sp³-hybridized carbons (Fsp3) is 0.227. The first kappa shape index (κ1) is 18.5. The zero-order chi connectivity index (χ0) is 19.7. The Labute approximate surface area is 169 Å². The standard InChI is InChI=1S/C22H23N5S/c1-16-14-17(2)27-21(23-16)24-22(28)26(27)15-25(3)20(18-10-6-4-7-11-18)19-12-8-5-9-13-19/h4-14,20H,15H2,1-3H3. The number of benzene rings is 2. The van der Waals surface area contributed by atoms with E-state index in [1.54, 1.807) is 0 Å². The van der Waals surface area contributed by atoms with Gasteiger partial charge in [-0.15, -0.1) is 0 Å². The van der Waals surface area contributed by atoms with Gasteiger partial charge in [0.1, 0.15) is 0 Å². The highest BCUT2D eigenvalue weighted by Gasteiger charge is 2.21. The molecule has 0 spiro atoms. The lowest BCUT2D eigenvalue weighted by Gasteiger charge is -2.29. The second kappa shape index (κ2) is 7.66. The molecule has 0 aliphatic heterocycles. The molecule has 0 saturated carbocycles. The van der Waals surface area contributed by atoms with Gasteiger partial charge >= 0.3 is 0 Å². The van der Waals surface area contributed by atoms with Crippen LogP contribution in [0.5, 0.6) is 0 Å². The number of hydrogen-bond acceptors (Lipinski definition) is 4. The van der Waals surface area contributed by atoms with Gasteiger partial charge in [-0.2, -0.15) is 4.98 Å². The molecule has 0 fully saturated rings. The van der Waals surface area contributed by atoms with E-state index in [0.29, 0.717) is 17.2 Å². The number of hydrogen-bond donors (Lipinski definition) is 0. The summed E-state index contributed by atoms with van der Waals surface area (Å²) in [6.45, 7) is 4.63. The maximum atomic E-state index is 5.56. The van der Waals surface area contributed by atoms with Crippen LogP contribution in [0.1, 0.15) is 28.6 Å².